The molecule has 0 unspecified atom stereocenters. The Balaban J connectivity index is 1.40. The number of rotatable bonds is 4. The van der Waals surface area contributed by atoms with Gasteiger partial charge in [0.2, 0.25) is 0 Å². The van der Waals surface area contributed by atoms with Crippen LogP contribution < -0.4 is 15.0 Å². The Hall–Kier alpha value is -3.52. The fraction of sp³-hybridized carbons (Fsp3) is 0.296. The number of anilines is 2. The number of alkyl halides is 3. The van der Waals surface area contributed by atoms with Gasteiger partial charge < -0.3 is 10.1 Å². The van der Waals surface area contributed by atoms with Gasteiger partial charge in [0.1, 0.15) is 11.4 Å². The van der Waals surface area contributed by atoms with E-state index in [0.29, 0.717) is 49.4 Å². The number of amides is 1. The van der Waals surface area contributed by atoms with E-state index in [1.807, 2.05) is 53.4 Å². The van der Waals surface area contributed by atoms with Crippen LogP contribution in [0.2, 0.25) is 0 Å². The topological polar surface area (TPSA) is 44.8 Å². The predicted molar refractivity (Wildman–Crippen MR) is 129 cm³/mol. The average molecular weight is 482 g/mol. The van der Waals surface area contributed by atoms with E-state index < -0.39 is 17.4 Å². The number of fused-ring (bicyclic) bond motifs is 1. The van der Waals surface area contributed by atoms with Crippen LogP contribution in [0.5, 0.6) is 5.75 Å². The molecule has 0 atom stereocenters. The Morgan fingerprint density at radius 1 is 0.971 bits per heavy atom. The molecule has 1 spiro atoms. The van der Waals surface area contributed by atoms with Crippen molar-refractivity contribution >= 4 is 17.3 Å². The van der Waals surface area contributed by atoms with Gasteiger partial charge in [-0.15, -0.1) is 0 Å². The molecule has 3 aromatic rings. The second kappa shape index (κ2) is 8.92. The summed E-state index contributed by atoms with van der Waals surface area (Å²) >= 11 is 0. The van der Waals surface area contributed by atoms with Crippen molar-refractivity contribution in [1.82, 2.24) is 4.90 Å². The second-order valence-corrected chi connectivity index (χ2v) is 9.02. The maximum absolute atomic E-state index is 13.7. The molecule has 0 saturated carbocycles. The molecule has 5 rings (SSSR count). The quantitative estimate of drug-likeness (QED) is 0.513. The summed E-state index contributed by atoms with van der Waals surface area (Å²) in [6.07, 6.45) is -3.11. The van der Waals surface area contributed by atoms with Crippen LogP contribution in [0.3, 0.4) is 0 Å². The number of hydrogen-bond acceptors (Lipinski definition) is 4. The molecule has 0 radical (unpaired) electrons. The van der Waals surface area contributed by atoms with E-state index in [2.05, 4.69) is 10.2 Å². The van der Waals surface area contributed by atoms with Crippen LogP contribution in [0.1, 0.15) is 34.3 Å². The smallest absolute Gasteiger partial charge is 0.416 e. The fourth-order valence-corrected chi connectivity index (χ4v) is 5.03. The fourth-order valence-electron chi connectivity index (χ4n) is 5.03. The lowest BCUT2D eigenvalue weighted by molar-refractivity contribution is -0.137. The number of nitrogens with one attached hydrogen (secondary N) is 1. The molecule has 1 saturated heterocycles. The van der Waals surface area contributed by atoms with Gasteiger partial charge in [-0.05, 0) is 48.0 Å². The molecule has 3 aromatic carbocycles. The standard InChI is InChI=1S/C27H26F3N3O2/c1-35-22-11-9-21(10-12-22)33-25(34)23-7-2-3-8-24(23)31-26(33)13-15-32(16-14-26)18-19-5-4-6-20(17-19)27(28,29)30/h2-12,17,31H,13-16,18H2,1H3. The van der Waals surface area contributed by atoms with E-state index in [4.69, 9.17) is 4.74 Å². The minimum absolute atomic E-state index is 0.0733. The van der Waals surface area contributed by atoms with Crippen molar-refractivity contribution in [2.24, 2.45) is 0 Å². The highest BCUT2D eigenvalue weighted by molar-refractivity contribution is 6.12. The van der Waals surface area contributed by atoms with Gasteiger partial charge in [-0.2, -0.15) is 13.2 Å². The first-order valence-electron chi connectivity index (χ1n) is 11.5. The van der Waals surface area contributed by atoms with E-state index in [0.717, 1.165) is 17.4 Å². The van der Waals surface area contributed by atoms with Crippen LogP contribution in [0.15, 0.2) is 72.8 Å². The van der Waals surface area contributed by atoms with Crippen LogP contribution in [0, 0.1) is 0 Å². The number of methoxy groups -OCH3 is 1. The van der Waals surface area contributed by atoms with Crippen molar-refractivity contribution in [1.29, 1.82) is 0 Å². The Kier molecular flexibility index (Phi) is 5.92. The van der Waals surface area contributed by atoms with Crippen molar-refractivity contribution in [2.45, 2.75) is 31.2 Å². The van der Waals surface area contributed by atoms with Crippen molar-refractivity contribution in [3.8, 4) is 5.75 Å². The summed E-state index contributed by atoms with van der Waals surface area (Å²) in [6, 6.07) is 20.4. The maximum atomic E-state index is 13.7. The number of likely N-dealkylation sites (tertiary alicyclic amines) is 1. The van der Waals surface area contributed by atoms with Gasteiger partial charge >= 0.3 is 6.18 Å². The van der Waals surface area contributed by atoms with Crippen molar-refractivity contribution in [3.63, 3.8) is 0 Å². The minimum Gasteiger partial charge on any atom is -0.497 e. The highest BCUT2D eigenvalue weighted by Crippen LogP contribution is 2.41. The number of nitrogens with zero attached hydrogens (tertiary/aromatic N) is 2. The first kappa shape index (κ1) is 23.2. The Labute approximate surface area is 202 Å². The maximum Gasteiger partial charge on any atom is 0.416 e. The SMILES string of the molecule is COc1ccc(N2C(=O)c3ccccc3NC23CCN(Cc2cccc(C(F)(F)F)c2)CC3)cc1. The molecule has 5 nitrogen and oxygen atoms in total. The summed E-state index contributed by atoms with van der Waals surface area (Å²) in [5, 5.41) is 3.63. The van der Waals surface area contributed by atoms with Gasteiger partial charge in [-0.1, -0.05) is 30.3 Å². The molecule has 8 heteroatoms. The molecular weight excluding hydrogens is 455 g/mol. The summed E-state index contributed by atoms with van der Waals surface area (Å²) in [5.74, 6) is 0.632. The van der Waals surface area contributed by atoms with Gasteiger partial charge in [0.15, 0.2) is 0 Å². The summed E-state index contributed by atoms with van der Waals surface area (Å²) < 4.78 is 44.7. The molecule has 182 valence electrons. The lowest BCUT2D eigenvalue weighted by atomic mass is 9.89. The lowest BCUT2D eigenvalue weighted by Gasteiger charge is -2.52. The van der Waals surface area contributed by atoms with Crippen LogP contribution in [0.4, 0.5) is 24.5 Å². The molecule has 2 heterocycles. The number of carbonyl (C=O) groups excluding carboxylic acids is 1. The summed E-state index contributed by atoms with van der Waals surface area (Å²) in [7, 11) is 1.60. The minimum atomic E-state index is -4.36. The highest BCUT2D eigenvalue weighted by Gasteiger charge is 2.47. The average Bonchev–Trinajstić information content (AvgIpc) is 2.86. The molecule has 35 heavy (non-hydrogen) atoms. The normalized spacial score (nSPS) is 17.7. The van der Waals surface area contributed by atoms with Gasteiger partial charge in [-0.25, -0.2) is 0 Å². The van der Waals surface area contributed by atoms with Crippen molar-refractivity contribution in [3.05, 3.63) is 89.5 Å². The zero-order valence-electron chi connectivity index (χ0n) is 19.3. The zero-order valence-corrected chi connectivity index (χ0v) is 19.3. The van der Waals surface area contributed by atoms with Crippen LogP contribution in [-0.2, 0) is 12.7 Å². The largest absolute Gasteiger partial charge is 0.497 e. The molecular formula is C27H26F3N3O2. The van der Waals surface area contributed by atoms with Crippen molar-refractivity contribution < 1.29 is 22.7 Å². The van der Waals surface area contributed by atoms with E-state index in [1.165, 1.54) is 12.1 Å². The van der Waals surface area contributed by atoms with Crippen LogP contribution in [0.25, 0.3) is 0 Å². The molecule has 0 aromatic heterocycles. The summed E-state index contributed by atoms with van der Waals surface area (Å²) in [5.41, 5.74) is 1.54. The van der Waals surface area contributed by atoms with Gasteiger partial charge in [0.25, 0.3) is 5.91 Å². The third-order valence-corrected chi connectivity index (χ3v) is 6.83. The number of carbonyl (C=O) groups is 1. The number of halogens is 3. The number of ether oxygens (including phenoxy) is 1. The molecule has 2 aliphatic heterocycles. The zero-order chi connectivity index (χ0) is 24.6. The molecule has 1 amide bonds. The molecule has 1 N–H and O–H groups in total. The number of hydrogen-bond donors (Lipinski definition) is 1. The Morgan fingerprint density at radius 3 is 2.37 bits per heavy atom. The van der Waals surface area contributed by atoms with Gasteiger partial charge in [0, 0.05) is 43.9 Å². The lowest BCUT2D eigenvalue weighted by Crippen LogP contribution is -2.64. The number of benzene rings is 3. The predicted octanol–water partition coefficient (Wildman–Crippen LogP) is 5.78. The first-order chi connectivity index (χ1) is 16.8. The molecule has 2 aliphatic rings. The molecule has 0 bridgehead atoms. The van der Waals surface area contributed by atoms with Gasteiger partial charge in [0.05, 0.1) is 18.2 Å². The van der Waals surface area contributed by atoms with Crippen LogP contribution in [-0.4, -0.2) is 36.7 Å². The van der Waals surface area contributed by atoms with Gasteiger partial charge in [-0.3, -0.25) is 14.6 Å². The van der Waals surface area contributed by atoms with Crippen LogP contribution >= 0.6 is 0 Å². The van der Waals surface area contributed by atoms with E-state index >= 15 is 0 Å². The highest BCUT2D eigenvalue weighted by atomic mass is 19.4. The molecule has 1 fully saturated rings. The third kappa shape index (κ3) is 4.46. The summed E-state index contributed by atoms with van der Waals surface area (Å²) in [4.78, 5) is 17.7. The summed E-state index contributed by atoms with van der Waals surface area (Å²) in [6.45, 7) is 1.68. The van der Waals surface area contributed by atoms with Crippen molar-refractivity contribution in [2.75, 3.05) is 30.4 Å². The van der Waals surface area contributed by atoms with E-state index in [1.54, 1.807) is 13.2 Å². The first-order valence-corrected chi connectivity index (χ1v) is 11.5. The number of para-hydroxylation sites is 1. The van der Waals surface area contributed by atoms with E-state index in [-0.39, 0.29) is 5.91 Å². The Morgan fingerprint density at radius 2 is 1.69 bits per heavy atom. The van der Waals surface area contributed by atoms with E-state index in [9.17, 15) is 18.0 Å². The Bertz CT molecular complexity index is 1220. The second-order valence-electron chi connectivity index (χ2n) is 9.02. The number of piperidine rings is 1. The monoisotopic (exact) mass is 481 g/mol. The molecule has 0 aliphatic carbocycles. The third-order valence-electron chi connectivity index (χ3n) is 6.83.